The SMILES string of the molecule is COCC(=O)c1ccc(-c2ccc3ccccc3n2)cc1. The highest BCUT2D eigenvalue weighted by Crippen LogP contribution is 2.21. The molecule has 0 saturated heterocycles. The van der Waals surface area contributed by atoms with E-state index in [0.717, 1.165) is 22.2 Å². The van der Waals surface area contributed by atoms with Gasteiger partial charge in [0.05, 0.1) is 11.2 Å². The number of ketones is 1. The standard InChI is InChI=1S/C18H15NO2/c1-21-12-18(20)15-8-6-14(7-9-15)17-11-10-13-4-2-3-5-16(13)19-17/h2-11H,12H2,1H3. The molecule has 0 radical (unpaired) electrons. The van der Waals surface area contributed by atoms with Crippen LogP contribution in [-0.4, -0.2) is 24.5 Å². The maximum absolute atomic E-state index is 11.7. The van der Waals surface area contributed by atoms with E-state index >= 15 is 0 Å². The lowest BCUT2D eigenvalue weighted by molar-refractivity contribution is 0.0848. The number of carbonyl (C=O) groups is 1. The predicted octanol–water partition coefficient (Wildman–Crippen LogP) is 3.73. The Kier molecular flexibility index (Phi) is 3.75. The van der Waals surface area contributed by atoms with Gasteiger partial charge in [-0.15, -0.1) is 0 Å². The molecule has 0 N–H and O–H groups in total. The molecule has 3 heteroatoms. The first-order valence-electron chi connectivity index (χ1n) is 6.76. The Morgan fingerprint density at radius 3 is 2.52 bits per heavy atom. The monoisotopic (exact) mass is 277 g/mol. The quantitative estimate of drug-likeness (QED) is 0.682. The van der Waals surface area contributed by atoms with Crippen LogP contribution in [0.15, 0.2) is 60.7 Å². The summed E-state index contributed by atoms with van der Waals surface area (Å²) >= 11 is 0. The van der Waals surface area contributed by atoms with Gasteiger partial charge in [0.15, 0.2) is 5.78 Å². The third kappa shape index (κ3) is 2.83. The largest absolute Gasteiger partial charge is 0.377 e. The van der Waals surface area contributed by atoms with Crippen molar-refractivity contribution in [2.45, 2.75) is 0 Å². The minimum atomic E-state index is -0.0180. The van der Waals surface area contributed by atoms with E-state index in [1.165, 1.54) is 7.11 Å². The molecule has 0 fully saturated rings. The summed E-state index contributed by atoms with van der Waals surface area (Å²) in [5, 5.41) is 1.12. The number of pyridine rings is 1. The summed E-state index contributed by atoms with van der Waals surface area (Å²) in [6.07, 6.45) is 0. The van der Waals surface area contributed by atoms with E-state index in [-0.39, 0.29) is 12.4 Å². The lowest BCUT2D eigenvalue weighted by atomic mass is 10.1. The van der Waals surface area contributed by atoms with Crippen molar-refractivity contribution in [1.29, 1.82) is 0 Å². The number of methoxy groups -OCH3 is 1. The minimum Gasteiger partial charge on any atom is -0.377 e. The van der Waals surface area contributed by atoms with E-state index in [1.54, 1.807) is 0 Å². The Morgan fingerprint density at radius 2 is 1.76 bits per heavy atom. The van der Waals surface area contributed by atoms with Crippen molar-refractivity contribution < 1.29 is 9.53 Å². The lowest BCUT2D eigenvalue weighted by Crippen LogP contribution is -2.06. The smallest absolute Gasteiger partial charge is 0.188 e. The van der Waals surface area contributed by atoms with E-state index in [4.69, 9.17) is 4.74 Å². The highest BCUT2D eigenvalue weighted by Gasteiger charge is 2.06. The van der Waals surface area contributed by atoms with E-state index in [2.05, 4.69) is 11.1 Å². The molecule has 3 nitrogen and oxygen atoms in total. The first-order valence-corrected chi connectivity index (χ1v) is 6.76. The fourth-order valence-electron chi connectivity index (χ4n) is 2.27. The summed E-state index contributed by atoms with van der Waals surface area (Å²) in [6, 6.07) is 19.5. The van der Waals surface area contributed by atoms with Gasteiger partial charge in [0, 0.05) is 23.6 Å². The molecular formula is C18H15NO2. The van der Waals surface area contributed by atoms with Crippen LogP contribution in [0.4, 0.5) is 0 Å². The zero-order valence-corrected chi connectivity index (χ0v) is 11.7. The molecule has 0 aliphatic carbocycles. The molecule has 0 bridgehead atoms. The summed E-state index contributed by atoms with van der Waals surface area (Å²) in [5.41, 5.74) is 3.52. The van der Waals surface area contributed by atoms with Crippen molar-refractivity contribution in [3.63, 3.8) is 0 Å². The van der Waals surface area contributed by atoms with Crippen molar-refractivity contribution in [2.24, 2.45) is 0 Å². The third-order valence-corrected chi connectivity index (χ3v) is 3.38. The highest BCUT2D eigenvalue weighted by molar-refractivity contribution is 5.97. The fourth-order valence-corrected chi connectivity index (χ4v) is 2.27. The van der Waals surface area contributed by atoms with Crippen LogP contribution in [0.25, 0.3) is 22.2 Å². The molecule has 3 aromatic rings. The first kappa shape index (κ1) is 13.5. The molecule has 0 saturated carbocycles. The van der Waals surface area contributed by atoms with E-state index in [1.807, 2.05) is 54.6 Å². The van der Waals surface area contributed by atoms with Gasteiger partial charge >= 0.3 is 0 Å². The molecular weight excluding hydrogens is 262 g/mol. The number of rotatable bonds is 4. The fraction of sp³-hybridized carbons (Fsp3) is 0.111. The van der Waals surface area contributed by atoms with Crippen molar-refractivity contribution >= 4 is 16.7 Å². The van der Waals surface area contributed by atoms with Crippen molar-refractivity contribution in [2.75, 3.05) is 13.7 Å². The van der Waals surface area contributed by atoms with Gasteiger partial charge < -0.3 is 4.74 Å². The summed E-state index contributed by atoms with van der Waals surface area (Å²) in [5.74, 6) is -0.0180. The van der Waals surface area contributed by atoms with Crippen LogP contribution >= 0.6 is 0 Å². The minimum absolute atomic E-state index is 0.0180. The van der Waals surface area contributed by atoms with Gasteiger partial charge in [-0.3, -0.25) is 4.79 Å². The van der Waals surface area contributed by atoms with Crippen LogP contribution in [0.3, 0.4) is 0 Å². The normalized spacial score (nSPS) is 10.7. The Hall–Kier alpha value is -2.52. The number of fused-ring (bicyclic) bond motifs is 1. The Labute approximate surface area is 123 Å². The molecule has 0 aliphatic heterocycles. The molecule has 1 aromatic heterocycles. The van der Waals surface area contributed by atoms with Gasteiger partial charge in [0.1, 0.15) is 6.61 Å². The van der Waals surface area contributed by atoms with Crippen molar-refractivity contribution in [1.82, 2.24) is 4.98 Å². The molecule has 0 aliphatic rings. The molecule has 21 heavy (non-hydrogen) atoms. The maximum Gasteiger partial charge on any atom is 0.188 e. The summed E-state index contributed by atoms with van der Waals surface area (Å²) in [6.45, 7) is 0.105. The van der Waals surface area contributed by atoms with E-state index in [0.29, 0.717) is 5.56 Å². The number of Topliss-reactive ketones (excluding diaryl/α,β-unsaturated/α-hetero) is 1. The highest BCUT2D eigenvalue weighted by atomic mass is 16.5. The zero-order chi connectivity index (χ0) is 14.7. The summed E-state index contributed by atoms with van der Waals surface area (Å²) < 4.78 is 4.86. The lowest BCUT2D eigenvalue weighted by Gasteiger charge is -2.05. The summed E-state index contributed by atoms with van der Waals surface area (Å²) in [7, 11) is 1.52. The second kappa shape index (κ2) is 5.85. The van der Waals surface area contributed by atoms with Crippen LogP contribution in [0.5, 0.6) is 0 Å². The average molecular weight is 277 g/mol. The van der Waals surface area contributed by atoms with Crippen molar-refractivity contribution in [3.8, 4) is 11.3 Å². The first-order chi connectivity index (χ1) is 10.3. The van der Waals surface area contributed by atoms with Crippen LogP contribution in [0, 0.1) is 0 Å². The van der Waals surface area contributed by atoms with Crippen molar-refractivity contribution in [3.05, 3.63) is 66.2 Å². The zero-order valence-electron chi connectivity index (χ0n) is 11.7. The molecule has 104 valence electrons. The number of benzene rings is 2. The Bertz CT molecular complexity index is 779. The van der Waals surface area contributed by atoms with E-state index in [9.17, 15) is 4.79 Å². The van der Waals surface area contributed by atoms with Crippen LogP contribution in [0.1, 0.15) is 10.4 Å². The molecule has 0 spiro atoms. The number of hydrogen-bond donors (Lipinski definition) is 0. The average Bonchev–Trinajstić information content (AvgIpc) is 2.55. The Morgan fingerprint density at radius 1 is 1.00 bits per heavy atom. The third-order valence-electron chi connectivity index (χ3n) is 3.38. The number of hydrogen-bond acceptors (Lipinski definition) is 3. The number of carbonyl (C=O) groups excluding carboxylic acids is 1. The van der Waals surface area contributed by atoms with E-state index < -0.39 is 0 Å². The van der Waals surface area contributed by atoms with Gasteiger partial charge in [-0.05, 0) is 12.1 Å². The molecule has 2 aromatic carbocycles. The van der Waals surface area contributed by atoms with Gasteiger partial charge in [-0.1, -0.05) is 48.5 Å². The molecule has 0 atom stereocenters. The summed E-state index contributed by atoms with van der Waals surface area (Å²) in [4.78, 5) is 16.4. The van der Waals surface area contributed by atoms with Gasteiger partial charge in [-0.2, -0.15) is 0 Å². The van der Waals surface area contributed by atoms with Gasteiger partial charge in [0.25, 0.3) is 0 Å². The number of ether oxygens (including phenoxy) is 1. The topological polar surface area (TPSA) is 39.2 Å². The predicted molar refractivity (Wildman–Crippen MR) is 83.4 cm³/mol. The maximum atomic E-state index is 11.7. The number of nitrogens with zero attached hydrogens (tertiary/aromatic N) is 1. The Balaban J connectivity index is 1.93. The second-order valence-electron chi connectivity index (χ2n) is 4.82. The molecule has 0 unspecified atom stereocenters. The van der Waals surface area contributed by atoms with Crippen LogP contribution < -0.4 is 0 Å². The van der Waals surface area contributed by atoms with Crippen LogP contribution in [-0.2, 0) is 4.74 Å². The second-order valence-corrected chi connectivity index (χ2v) is 4.82. The molecule has 3 rings (SSSR count). The van der Waals surface area contributed by atoms with Gasteiger partial charge in [0.2, 0.25) is 0 Å². The number of aromatic nitrogens is 1. The molecule has 0 amide bonds. The van der Waals surface area contributed by atoms with Gasteiger partial charge in [-0.25, -0.2) is 4.98 Å². The molecule has 1 heterocycles. The number of para-hydroxylation sites is 1. The van der Waals surface area contributed by atoms with Crippen LogP contribution in [0.2, 0.25) is 0 Å².